The first-order valence-corrected chi connectivity index (χ1v) is 11.0. The van der Waals surface area contributed by atoms with Crippen molar-refractivity contribution in [1.29, 1.82) is 0 Å². The van der Waals surface area contributed by atoms with Crippen LogP contribution in [0.3, 0.4) is 0 Å². The molecule has 0 heterocycles. The lowest BCUT2D eigenvalue weighted by atomic mass is 10.2. The number of rotatable bonds is 11. The van der Waals surface area contributed by atoms with Crippen molar-refractivity contribution in [3.8, 4) is 17.2 Å². The number of nitrogens with zero attached hydrogens (tertiary/aromatic N) is 1. The van der Waals surface area contributed by atoms with Crippen molar-refractivity contribution in [3.05, 3.63) is 48.5 Å². The van der Waals surface area contributed by atoms with Gasteiger partial charge < -0.3 is 19.5 Å². The molecule has 164 valence electrons. The van der Waals surface area contributed by atoms with Gasteiger partial charge in [-0.25, -0.2) is 12.7 Å². The number of carbonyl (C=O) groups excluding carboxylic acids is 1. The van der Waals surface area contributed by atoms with Crippen molar-refractivity contribution >= 4 is 15.9 Å². The molecular formula is C21H28N2O6S. The fraction of sp³-hybridized carbons (Fsp3) is 0.381. The normalized spacial score (nSPS) is 12.3. The largest absolute Gasteiger partial charge is 0.493 e. The first kappa shape index (κ1) is 23.5. The van der Waals surface area contributed by atoms with Gasteiger partial charge in [0.15, 0.2) is 17.6 Å². The maximum absolute atomic E-state index is 12.4. The average Bonchev–Trinajstić information content (AvgIpc) is 2.75. The van der Waals surface area contributed by atoms with Gasteiger partial charge in [0, 0.05) is 14.1 Å². The second kappa shape index (κ2) is 10.8. The Morgan fingerprint density at radius 1 is 1.07 bits per heavy atom. The Labute approximate surface area is 177 Å². The van der Waals surface area contributed by atoms with Crippen LogP contribution in [0.15, 0.2) is 53.4 Å². The molecule has 0 unspecified atom stereocenters. The fourth-order valence-corrected chi connectivity index (χ4v) is 3.47. The van der Waals surface area contributed by atoms with E-state index in [0.717, 1.165) is 4.31 Å². The van der Waals surface area contributed by atoms with E-state index in [-0.39, 0.29) is 24.0 Å². The molecule has 1 atom stereocenters. The number of para-hydroxylation sites is 2. The topological polar surface area (TPSA) is 94.2 Å². The SMILES string of the molecule is CC[C@H](Oc1ccccc1OC)C(=O)NCCOc1ccc(S(=O)(=O)N(C)C)cc1. The van der Waals surface area contributed by atoms with Gasteiger partial charge in [-0.2, -0.15) is 0 Å². The Morgan fingerprint density at radius 2 is 1.70 bits per heavy atom. The molecule has 0 aliphatic rings. The van der Waals surface area contributed by atoms with E-state index in [4.69, 9.17) is 14.2 Å². The highest BCUT2D eigenvalue weighted by atomic mass is 32.2. The molecule has 0 radical (unpaired) electrons. The zero-order valence-electron chi connectivity index (χ0n) is 17.6. The zero-order chi connectivity index (χ0) is 22.1. The summed E-state index contributed by atoms with van der Waals surface area (Å²) in [4.78, 5) is 12.6. The van der Waals surface area contributed by atoms with E-state index in [1.54, 1.807) is 31.4 Å². The number of amides is 1. The lowest BCUT2D eigenvalue weighted by molar-refractivity contribution is -0.128. The fourth-order valence-electron chi connectivity index (χ4n) is 2.57. The van der Waals surface area contributed by atoms with Crippen molar-refractivity contribution in [1.82, 2.24) is 9.62 Å². The van der Waals surface area contributed by atoms with E-state index in [0.29, 0.717) is 23.7 Å². The molecule has 2 rings (SSSR count). The summed E-state index contributed by atoms with van der Waals surface area (Å²) in [6.07, 6.45) is -0.163. The Kier molecular flexibility index (Phi) is 8.49. The maximum atomic E-state index is 12.4. The highest BCUT2D eigenvalue weighted by Gasteiger charge is 2.20. The molecule has 0 saturated carbocycles. The molecule has 0 aliphatic carbocycles. The highest BCUT2D eigenvalue weighted by molar-refractivity contribution is 7.89. The van der Waals surface area contributed by atoms with Crippen LogP contribution < -0.4 is 19.5 Å². The molecule has 1 N–H and O–H groups in total. The summed E-state index contributed by atoms with van der Waals surface area (Å²) in [6.45, 7) is 2.37. The molecule has 8 nitrogen and oxygen atoms in total. The van der Waals surface area contributed by atoms with E-state index >= 15 is 0 Å². The quantitative estimate of drug-likeness (QED) is 0.543. The molecule has 0 spiro atoms. The van der Waals surface area contributed by atoms with Crippen LogP contribution in [0, 0.1) is 0 Å². The van der Waals surface area contributed by atoms with Gasteiger partial charge in [0.2, 0.25) is 10.0 Å². The molecule has 30 heavy (non-hydrogen) atoms. The molecule has 1 amide bonds. The van der Waals surface area contributed by atoms with E-state index < -0.39 is 16.1 Å². The third-order valence-corrected chi connectivity index (χ3v) is 6.10. The lowest BCUT2D eigenvalue weighted by Crippen LogP contribution is -2.39. The summed E-state index contributed by atoms with van der Waals surface area (Å²) >= 11 is 0. The molecule has 0 aliphatic heterocycles. The molecular weight excluding hydrogens is 408 g/mol. The van der Waals surface area contributed by atoms with Crippen LogP contribution in [-0.4, -0.2) is 59.1 Å². The van der Waals surface area contributed by atoms with Crippen molar-refractivity contribution < 1.29 is 27.4 Å². The Bertz CT molecular complexity index is 929. The van der Waals surface area contributed by atoms with Crippen LogP contribution >= 0.6 is 0 Å². The first-order chi connectivity index (χ1) is 14.3. The number of methoxy groups -OCH3 is 1. The summed E-state index contributed by atoms with van der Waals surface area (Å²) in [6, 6.07) is 13.3. The third kappa shape index (κ3) is 6.11. The number of sulfonamides is 1. The Morgan fingerprint density at radius 3 is 2.27 bits per heavy atom. The maximum Gasteiger partial charge on any atom is 0.261 e. The predicted octanol–water partition coefficient (Wildman–Crippen LogP) is 2.30. The van der Waals surface area contributed by atoms with Gasteiger partial charge in [0.25, 0.3) is 5.91 Å². The molecule has 2 aromatic rings. The van der Waals surface area contributed by atoms with Crippen molar-refractivity contribution in [2.75, 3.05) is 34.4 Å². The lowest BCUT2D eigenvalue weighted by Gasteiger charge is -2.19. The minimum atomic E-state index is -3.48. The minimum absolute atomic E-state index is 0.187. The monoisotopic (exact) mass is 436 g/mol. The van der Waals surface area contributed by atoms with Gasteiger partial charge in [-0.15, -0.1) is 0 Å². The number of hydrogen-bond donors (Lipinski definition) is 1. The van der Waals surface area contributed by atoms with Crippen LogP contribution in [-0.2, 0) is 14.8 Å². The van der Waals surface area contributed by atoms with Crippen molar-refractivity contribution in [3.63, 3.8) is 0 Å². The van der Waals surface area contributed by atoms with Gasteiger partial charge in [0.05, 0.1) is 18.6 Å². The predicted molar refractivity (Wildman–Crippen MR) is 114 cm³/mol. The van der Waals surface area contributed by atoms with Gasteiger partial charge in [-0.3, -0.25) is 4.79 Å². The summed E-state index contributed by atoms with van der Waals surface area (Å²) < 4.78 is 41.9. The van der Waals surface area contributed by atoms with E-state index in [9.17, 15) is 13.2 Å². The van der Waals surface area contributed by atoms with Crippen LogP contribution in [0.25, 0.3) is 0 Å². The van der Waals surface area contributed by atoms with E-state index in [1.807, 2.05) is 19.1 Å². The average molecular weight is 437 g/mol. The molecule has 9 heteroatoms. The molecule has 0 fully saturated rings. The summed E-state index contributed by atoms with van der Waals surface area (Å²) in [5.41, 5.74) is 0. The number of nitrogens with one attached hydrogen (secondary N) is 1. The Balaban J connectivity index is 1.83. The smallest absolute Gasteiger partial charge is 0.261 e. The van der Waals surface area contributed by atoms with E-state index in [1.165, 1.54) is 26.2 Å². The third-order valence-electron chi connectivity index (χ3n) is 4.27. The van der Waals surface area contributed by atoms with Crippen LogP contribution in [0.2, 0.25) is 0 Å². The second-order valence-corrected chi connectivity index (χ2v) is 8.72. The molecule has 0 bridgehead atoms. The Hall–Kier alpha value is -2.78. The molecule has 0 aromatic heterocycles. The number of carbonyl (C=O) groups is 1. The summed E-state index contributed by atoms with van der Waals surface area (Å²) in [5.74, 6) is 1.33. The molecule has 2 aromatic carbocycles. The highest BCUT2D eigenvalue weighted by Crippen LogP contribution is 2.27. The van der Waals surface area contributed by atoms with E-state index in [2.05, 4.69) is 5.32 Å². The molecule has 0 saturated heterocycles. The summed E-state index contributed by atoms with van der Waals surface area (Å²) in [7, 11) is 1.02. The first-order valence-electron chi connectivity index (χ1n) is 9.52. The van der Waals surface area contributed by atoms with Crippen LogP contribution in [0.5, 0.6) is 17.2 Å². The zero-order valence-corrected chi connectivity index (χ0v) is 18.4. The van der Waals surface area contributed by atoms with Gasteiger partial charge in [-0.1, -0.05) is 19.1 Å². The van der Waals surface area contributed by atoms with Gasteiger partial charge >= 0.3 is 0 Å². The van der Waals surface area contributed by atoms with Crippen molar-refractivity contribution in [2.24, 2.45) is 0 Å². The minimum Gasteiger partial charge on any atom is -0.493 e. The second-order valence-electron chi connectivity index (χ2n) is 6.56. The van der Waals surface area contributed by atoms with Gasteiger partial charge in [0.1, 0.15) is 12.4 Å². The number of benzene rings is 2. The van der Waals surface area contributed by atoms with Crippen LogP contribution in [0.1, 0.15) is 13.3 Å². The van der Waals surface area contributed by atoms with Crippen LogP contribution in [0.4, 0.5) is 0 Å². The van der Waals surface area contributed by atoms with Gasteiger partial charge in [-0.05, 0) is 42.8 Å². The number of hydrogen-bond acceptors (Lipinski definition) is 6. The number of ether oxygens (including phenoxy) is 3. The summed E-state index contributed by atoms with van der Waals surface area (Å²) in [5, 5.41) is 2.78. The standard InChI is InChI=1S/C21H28N2O6S/c1-5-18(29-20-9-7-6-8-19(20)27-4)21(24)22-14-15-28-16-10-12-17(13-11-16)30(25,26)23(2)3/h6-13,18H,5,14-15H2,1-4H3,(H,22,24)/t18-/m0/s1. The van der Waals surface area contributed by atoms with Crippen molar-refractivity contribution in [2.45, 2.75) is 24.3 Å².